The van der Waals surface area contributed by atoms with Crippen LogP contribution in [0.5, 0.6) is 0 Å². The molecule has 0 spiro atoms. The van der Waals surface area contributed by atoms with Gasteiger partial charge in [0.05, 0.1) is 6.42 Å². The van der Waals surface area contributed by atoms with Gasteiger partial charge in [-0.15, -0.1) is 5.10 Å². The molecule has 2 N–H and O–H groups in total. The molecule has 2 aromatic carbocycles. The van der Waals surface area contributed by atoms with Crippen molar-refractivity contribution in [1.82, 2.24) is 14.8 Å². The van der Waals surface area contributed by atoms with Crippen LogP contribution in [0.3, 0.4) is 0 Å². The highest BCUT2D eigenvalue weighted by molar-refractivity contribution is 6.35. The molecule has 1 aliphatic rings. The zero-order valence-corrected chi connectivity index (χ0v) is 15.3. The predicted molar refractivity (Wildman–Crippen MR) is 103 cm³/mol. The van der Waals surface area contributed by atoms with E-state index in [1.54, 1.807) is 18.2 Å². The molecule has 136 valence electrons. The highest BCUT2D eigenvalue weighted by atomic mass is 35.5. The van der Waals surface area contributed by atoms with Crippen molar-refractivity contribution in [1.29, 1.82) is 0 Å². The van der Waals surface area contributed by atoms with Crippen LogP contribution in [-0.2, 0) is 9.59 Å². The number of rotatable bonds is 4. The number of carbonyl (C=O) groups excluding carboxylic acids is 2. The lowest BCUT2D eigenvalue weighted by Crippen LogP contribution is -2.23. The number of nitrogens with one attached hydrogen (secondary N) is 2. The fourth-order valence-electron chi connectivity index (χ4n) is 2.83. The van der Waals surface area contributed by atoms with Crippen molar-refractivity contribution in [2.75, 3.05) is 10.6 Å². The number of halogens is 2. The van der Waals surface area contributed by atoms with Crippen molar-refractivity contribution in [3.8, 4) is 11.4 Å². The van der Waals surface area contributed by atoms with Crippen LogP contribution >= 0.6 is 23.2 Å². The number of aromatic nitrogens is 3. The quantitative estimate of drug-likeness (QED) is 0.695. The third-order valence-electron chi connectivity index (χ3n) is 4.02. The van der Waals surface area contributed by atoms with Gasteiger partial charge in [-0.25, -0.2) is 4.68 Å². The summed E-state index contributed by atoms with van der Waals surface area (Å²) in [5.41, 5.74) is 1.28. The van der Waals surface area contributed by atoms with Crippen LogP contribution in [0.15, 0.2) is 48.5 Å². The highest BCUT2D eigenvalue weighted by Crippen LogP contribution is 2.29. The van der Waals surface area contributed by atoms with Gasteiger partial charge in [0.2, 0.25) is 11.9 Å². The number of hydrogen-bond donors (Lipinski definition) is 2. The molecule has 0 saturated carbocycles. The van der Waals surface area contributed by atoms with E-state index in [2.05, 4.69) is 20.7 Å². The van der Waals surface area contributed by atoms with Crippen molar-refractivity contribution in [2.24, 2.45) is 0 Å². The number of fused-ring (bicyclic) bond motifs is 1. The summed E-state index contributed by atoms with van der Waals surface area (Å²) in [5, 5.41) is 10.5. The summed E-state index contributed by atoms with van der Waals surface area (Å²) in [6.45, 7) is 0. The fraction of sp³-hybridized carbons (Fsp3) is 0.111. The van der Waals surface area contributed by atoms with Gasteiger partial charge in [-0.2, -0.15) is 4.98 Å². The predicted octanol–water partition coefficient (Wildman–Crippen LogP) is 3.77. The van der Waals surface area contributed by atoms with Crippen LogP contribution in [0.2, 0.25) is 10.0 Å². The van der Waals surface area contributed by atoms with Gasteiger partial charge in [-0.05, 0) is 18.2 Å². The number of amides is 2. The molecule has 7 nitrogen and oxygen atoms in total. The van der Waals surface area contributed by atoms with Gasteiger partial charge < -0.3 is 5.32 Å². The van der Waals surface area contributed by atoms with Crippen molar-refractivity contribution in [3.63, 3.8) is 0 Å². The summed E-state index contributed by atoms with van der Waals surface area (Å²) in [6, 6.07) is 13.3. The maximum Gasteiger partial charge on any atom is 0.252 e. The molecule has 0 saturated heterocycles. The third kappa shape index (κ3) is 3.65. The second kappa shape index (κ2) is 7.02. The van der Waals surface area contributed by atoms with Gasteiger partial charge in [0, 0.05) is 21.3 Å². The largest absolute Gasteiger partial charge is 0.326 e. The average molecular weight is 402 g/mol. The number of carbonyl (C=O) groups is 2. The molecule has 2 heterocycles. The van der Waals surface area contributed by atoms with Crippen LogP contribution in [0, 0.1) is 0 Å². The van der Waals surface area contributed by atoms with Gasteiger partial charge in [0.25, 0.3) is 5.91 Å². The minimum absolute atomic E-state index is 0.0967. The third-order valence-corrected chi connectivity index (χ3v) is 4.46. The normalized spacial score (nSPS) is 15.3. The van der Waals surface area contributed by atoms with Gasteiger partial charge in [-0.3, -0.25) is 14.9 Å². The maximum absolute atomic E-state index is 12.4. The van der Waals surface area contributed by atoms with E-state index in [4.69, 9.17) is 23.2 Å². The van der Waals surface area contributed by atoms with Gasteiger partial charge in [-0.1, -0.05) is 53.5 Å². The first-order valence-corrected chi connectivity index (χ1v) is 8.84. The average Bonchev–Trinajstić information content (AvgIpc) is 3.14. The van der Waals surface area contributed by atoms with Crippen LogP contribution in [0.25, 0.3) is 11.4 Å². The van der Waals surface area contributed by atoms with Crippen LogP contribution < -0.4 is 10.6 Å². The SMILES string of the molecule is O=C(C[C@H]1C(=O)Nc2nc(-c3ccccc3)nn21)Nc1cc(Cl)cc(Cl)c1. The molecule has 1 aromatic heterocycles. The lowest BCUT2D eigenvalue weighted by atomic mass is 10.2. The summed E-state index contributed by atoms with van der Waals surface area (Å²) < 4.78 is 1.44. The number of nitrogens with zero attached hydrogens (tertiary/aromatic N) is 3. The molecule has 9 heteroatoms. The van der Waals surface area contributed by atoms with Crippen LogP contribution in [-0.4, -0.2) is 26.6 Å². The Morgan fingerprint density at radius 1 is 1.15 bits per heavy atom. The van der Waals surface area contributed by atoms with E-state index < -0.39 is 6.04 Å². The molecule has 1 aliphatic heterocycles. The molecule has 2 amide bonds. The van der Waals surface area contributed by atoms with E-state index in [1.165, 1.54) is 4.68 Å². The Balaban J connectivity index is 1.52. The Labute approximate surface area is 164 Å². The second-order valence-electron chi connectivity index (χ2n) is 5.99. The minimum atomic E-state index is -0.778. The van der Waals surface area contributed by atoms with Crippen molar-refractivity contribution >= 4 is 46.7 Å². The fourth-order valence-corrected chi connectivity index (χ4v) is 3.36. The van der Waals surface area contributed by atoms with E-state index in [1.807, 2.05) is 30.3 Å². The molecule has 3 aromatic rings. The topological polar surface area (TPSA) is 88.9 Å². The molecule has 1 atom stereocenters. The van der Waals surface area contributed by atoms with Gasteiger partial charge >= 0.3 is 0 Å². The zero-order valence-electron chi connectivity index (χ0n) is 13.8. The number of anilines is 2. The first-order valence-electron chi connectivity index (χ1n) is 8.08. The molecule has 0 aliphatic carbocycles. The number of benzene rings is 2. The monoisotopic (exact) mass is 401 g/mol. The van der Waals surface area contributed by atoms with Crippen molar-refractivity contribution in [3.05, 3.63) is 58.6 Å². The lowest BCUT2D eigenvalue weighted by molar-refractivity contribution is -0.123. The molecular formula is C18H13Cl2N5O2. The number of hydrogen-bond acceptors (Lipinski definition) is 4. The van der Waals surface area contributed by atoms with Crippen LogP contribution in [0.4, 0.5) is 11.6 Å². The first-order chi connectivity index (χ1) is 13.0. The molecule has 0 bridgehead atoms. The Morgan fingerprint density at radius 3 is 2.56 bits per heavy atom. The highest BCUT2D eigenvalue weighted by Gasteiger charge is 2.35. The Morgan fingerprint density at radius 2 is 1.85 bits per heavy atom. The van der Waals surface area contributed by atoms with E-state index in [0.29, 0.717) is 27.5 Å². The smallest absolute Gasteiger partial charge is 0.252 e. The van der Waals surface area contributed by atoms with E-state index in [-0.39, 0.29) is 18.2 Å². The summed E-state index contributed by atoms with van der Waals surface area (Å²) in [6.07, 6.45) is -0.0967. The second-order valence-corrected chi connectivity index (χ2v) is 6.86. The molecule has 0 fully saturated rings. The lowest BCUT2D eigenvalue weighted by Gasteiger charge is -2.10. The molecular weight excluding hydrogens is 389 g/mol. The zero-order chi connectivity index (χ0) is 19.0. The summed E-state index contributed by atoms with van der Waals surface area (Å²) in [7, 11) is 0. The van der Waals surface area contributed by atoms with Gasteiger partial charge in [0.15, 0.2) is 5.82 Å². The molecule has 4 rings (SSSR count). The summed E-state index contributed by atoms with van der Waals surface area (Å²) in [5.74, 6) is 0.113. The Kier molecular flexibility index (Phi) is 4.55. The van der Waals surface area contributed by atoms with Crippen LogP contribution in [0.1, 0.15) is 12.5 Å². The standard InChI is InChI=1S/C18H13Cl2N5O2/c19-11-6-12(20)8-13(7-11)21-15(26)9-14-17(27)23-18-22-16(24-25(14)18)10-4-2-1-3-5-10/h1-8,14H,9H2,(H,21,26)(H,22,23,24,27)/t14-/m0/s1. The van der Waals surface area contributed by atoms with Crippen molar-refractivity contribution in [2.45, 2.75) is 12.5 Å². The van der Waals surface area contributed by atoms with E-state index in [9.17, 15) is 9.59 Å². The summed E-state index contributed by atoms with van der Waals surface area (Å²) >= 11 is 11.9. The van der Waals surface area contributed by atoms with E-state index in [0.717, 1.165) is 5.56 Å². The molecule has 0 radical (unpaired) electrons. The first kappa shape index (κ1) is 17.5. The molecule has 27 heavy (non-hydrogen) atoms. The maximum atomic E-state index is 12.4. The molecule has 0 unspecified atom stereocenters. The van der Waals surface area contributed by atoms with Crippen molar-refractivity contribution < 1.29 is 9.59 Å². The van der Waals surface area contributed by atoms with Gasteiger partial charge in [0.1, 0.15) is 6.04 Å². The Bertz CT molecular complexity index is 1020. The Hall–Kier alpha value is -2.90. The summed E-state index contributed by atoms with van der Waals surface area (Å²) in [4.78, 5) is 28.9. The van der Waals surface area contributed by atoms with E-state index >= 15 is 0 Å². The minimum Gasteiger partial charge on any atom is -0.326 e.